The summed E-state index contributed by atoms with van der Waals surface area (Å²) in [4.78, 5) is 38.3. The molecule has 4 rings (SSSR count). The summed E-state index contributed by atoms with van der Waals surface area (Å²) < 4.78 is 1.07. The van der Waals surface area contributed by atoms with Gasteiger partial charge < -0.3 is 5.32 Å². The van der Waals surface area contributed by atoms with Crippen LogP contribution in [0.2, 0.25) is 0 Å². The third kappa shape index (κ3) is 3.19. The van der Waals surface area contributed by atoms with Crippen LogP contribution in [0, 0.1) is 3.57 Å². The van der Waals surface area contributed by atoms with Gasteiger partial charge in [0.25, 0.3) is 17.7 Å². The summed E-state index contributed by atoms with van der Waals surface area (Å²) in [6.07, 6.45) is 2.55. The Morgan fingerprint density at radius 1 is 0.852 bits per heavy atom. The second-order valence-electron chi connectivity index (χ2n) is 5.77. The zero-order valence-electron chi connectivity index (χ0n) is 13.7. The lowest BCUT2D eigenvalue weighted by Gasteiger charge is -2.14. The van der Waals surface area contributed by atoms with E-state index in [1.54, 1.807) is 24.3 Å². The second kappa shape index (κ2) is 6.88. The number of nitrogens with one attached hydrogen (secondary N) is 1. The Bertz CT molecular complexity index is 1030. The van der Waals surface area contributed by atoms with Gasteiger partial charge in [-0.3, -0.25) is 14.4 Å². The Morgan fingerprint density at radius 2 is 1.41 bits per heavy atom. The van der Waals surface area contributed by atoms with Crippen molar-refractivity contribution in [2.45, 2.75) is 0 Å². The molecule has 1 aliphatic rings. The first-order valence-electron chi connectivity index (χ1n) is 7.91. The van der Waals surface area contributed by atoms with Gasteiger partial charge in [-0.15, -0.1) is 0 Å². The van der Waals surface area contributed by atoms with Crippen LogP contribution >= 0.6 is 22.6 Å². The van der Waals surface area contributed by atoms with Gasteiger partial charge in [-0.25, -0.2) is 4.90 Å². The minimum absolute atomic E-state index is 0.218. The molecule has 0 bridgehead atoms. The first kappa shape index (κ1) is 17.3. The fraction of sp³-hybridized carbons (Fsp3) is 0. The lowest BCUT2D eigenvalue weighted by molar-refractivity contribution is 0.0925. The monoisotopic (exact) mass is 470 g/mol. The average molecular weight is 470 g/mol. The Labute approximate surface area is 167 Å². The number of amides is 3. The van der Waals surface area contributed by atoms with Crippen molar-refractivity contribution in [3.63, 3.8) is 0 Å². The first-order chi connectivity index (χ1) is 13.0. The highest BCUT2D eigenvalue weighted by Gasteiger charge is 2.37. The number of anilines is 2. The van der Waals surface area contributed by atoms with Crippen LogP contribution in [-0.4, -0.2) is 27.9 Å². The van der Waals surface area contributed by atoms with E-state index in [9.17, 15) is 14.4 Å². The molecule has 2 heterocycles. The largest absolute Gasteiger partial charge is 0.322 e. The summed E-state index contributed by atoms with van der Waals surface area (Å²) in [6.45, 7) is 0. The van der Waals surface area contributed by atoms with Crippen LogP contribution in [0.5, 0.6) is 0 Å². The van der Waals surface area contributed by atoms with E-state index in [0.717, 1.165) is 8.47 Å². The maximum Gasteiger partial charge on any atom is 0.267 e. The molecule has 0 saturated carbocycles. The van der Waals surface area contributed by atoms with Crippen molar-refractivity contribution in [3.8, 4) is 0 Å². The summed E-state index contributed by atoms with van der Waals surface area (Å²) in [5, 5.41) is 10.1. The zero-order chi connectivity index (χ0) is 19.0. The van der Waals surface area contributed by atoms with Crippen LogP contribution in [0.3, 0.4) is 0 Å². The van der Waals surface area contributed by atoms with Crippen LogP contribution in [0.25, 0.3) is 0 Å². The molecule has 1 aliphatic heterocycles. The van der Waals surface area contributed by atoms with Crippen molar-refractivity contribution >= 4 is 51.7 Å². The topological polar surface area (TPSA) is 92.3 Å². The number of carbonyl (C=O) groups is 3. The third-order valence-corrected chi connectivity index (χ3v) is 4.81. The maximum absolute atomic E-state index is 12.5. The summed E-state index contributed by atoms with van der Waals surface area (Å²) in [5.41, 5.74) is 1.92. The standard InChI is InChI=1S/C19H11IN4O3/c20-12-3-5-13(6-4-12)23-17(25)11-1-7-14(8-2-11)24-18(26)15-9-21-22-10-16(15)19(24)27/h1-10H,(H,23,25). The molecule has 2 aromatic carbocycles. The molecule has 27 heavy (non-hydrogen) atoms. The molecule has 0 unspecified atom stereocenters. The predicted octanol–water partition coefficient (Wildman–Crippen LogP) is 3.13. The molecule has 8 heteroatoms. The average Bonchev–Trinajstić information content (AvgIpc) is 2.95. The van der Waals surface area contributed by atoms with Gasteiger partial charge in [0.15, 0.2) is 0 Å². The highest BCUT2D eigenvalue weighted by Crippen LogP contribution is 2.27. The number of carbonyl (C=O) groups excluding carboxylic acids is 3. The molecule has 3 aromatic rings. The number of imide groups is 1. The van der Waals surface area contributed by atoms with E-state index in [1.165, 1.54) is 12.4 Å². The minimum Gasteiger partial charge on any atom is -0.322 e. The molecule has 132 valence electrons. The lowest BCUT2D eigenvalue weighted by Crippen LogP contribution is -2.29. The third-order valence-electron chi connectivity index (χ3n) is 4.09. The fourth-order valence-corrected chi connectivity index (χ4v) is 3.09. The normalized spacial score (nSPS) is 12.9. The molecule has 0 aliphatic carbocycles. The predicted molar refractivity (Wildman–Crippen MR) is 107 cm³/mol. The first-order valence-corrected chi connectivity index (χ1v) is 8.99. The smallest absolute Gasteiger partial charge is 0.267 e. The number of hydrogen-bond acceptors (Lipinski definition) is 5. The number of hydrogen-bond donors (Lipinski definition) is 1. The number of halogens is 1. The Morgan fingerprint density at radius 3 is 1.96 bits per heavy atom. The lowest BCUT2D eigenvalue weighted by atomic mass is 10.1. The number of aromatic nitrogens is 2. The van der Waals surface area contributed by atoms with Crippen LogP contribution in [0.1, 0.15) is 31.1 Å². The van der Waals surface area contributed by atoms with Crippen LogP contribution in [0.15, 0.2) is 60.9 Å². The number of benzene rings is 2. The molecule has 3 amide bonds. The van der Waals surface area contributed by atoms with Gasteiger partial charge in [0.1, 0.15) is 0 Å². The van der Waals surface area contributed by atoms with E-state index < -0.39 is 11.8 Å². The van der Waals surface area contributed by atoms with Gasteiger partial charge in [0.2, 0.25) is 0 Å². The van der Waals surface area contributed by atoms with Gasteiger partial charge >= 0.3 is 0 Å². The van der Waals surface area contributed by atoms with E-state index in [2.05, 4.69) is 38.1 Å². The van der Waals surface area contributed by atoms with E-state index in [-0.39, 0.29) is 17.0 Å². The second-order valence-corrected chi connectivity index (χ2v) is 7.02. The molecule has 0 atom stereocenters. The van der Waals surface area contributed by atoms with E-state index >= 15 is 0 Å². The Kier molecular flexibility index (Phi) is 4.40. The van der Waals surface area contributed by atoms with Gasteiger partial charge in [-0.2, -0.15) is 10.2 Å². The van der Waals surface area contributed by atoms with Crippen molar-refractivity contribution in [2.75, 3.05) is 10.2 Å². The number of fused-ring (bicyclic) bond motifs is 1. The van der Waals surface area contributed by atoms with E-state index in [1.807, 2.05) is 24.3 Å². The van der Waals surface area contributed by atoms with Gasteiger partial charge in [0, 0.05) is 14.8 Å². The fourth-order valence-electron chi connectivity index (χ4n) is 2.73. The highest BCUT2D eigenvalue weighted by atomic mass is 127. The Hall–Kier alpha value is -3.14. The molecular formula is C19H11IN4O3. The maximum atomic E-state index is 12.5. The summed E-state index contributed by atoms with van der Waals surface area (Å²) >= 11 is 2.19. The molecule has 1 aromatic heterocycles. The van der Waals surface area contributed by atoms with Gasteiger partial charge in [-0.1, -0.05) is 0 Å². The highest BCUT2D eigenvalue weighted by molar-refractivity contribution is 14.1. The van der Waals surface area contributed by atoms with Gasteiger partial charge in [-0.05, 0) is 71.1 Å². The van der Waals surface area contributed by atoms with Crippen molar-refractivity contribution < 1.29 is 14.4 Å². The summed E-state index contributed by atoms with van der Waals surface area (Å²) in [7, 11) is 0. The zero-order valence-corrected chi connectivity index (χ0v) is 15.9. The van der Waals surface area contributed by atoms with Crippen molar-refractivity contribution in [3.05, 3.63) is 81.2 Å². The molecule has 1 N–H and O–H groups in total. The van der Waals surface area contributed by atoms with E-state index in [0.29, 0.717) is 16.9 Å². The van der Waals surface area contributed by atoms with Crippen molar-refractivity contribution in [1.29, 1.82) is 0 Å². The minimum atomic E-state index is -0.457. The van der Waals surface area contributed by atoms with Crippen LogP contribution in [-0.2, 0) is 0 Å². The molecule has 0 saturated heterocycles. The quantitative estimate of drug-likeness (QED) is 0.469. The molecule has 0 radical (unpaired) electrons. The summed E-state index contributed by atoms with van der Waals surface area (Å²) in [5.74, 6) is -1.19. The van der Waals surface area contributed by atoms with Crippen LogP contribution in [0.4, 0.5) is 11.4 Å². The SMILES string of the molecule is O=C(Nc1ccc(I)cc1)c1ccc(N2C(=O)c3cnncc3C2=O)cc1. The number of rotatable bonds is 3. The molecule has 0 fully saturated rings. The van der Waals surface area contributed by atoms with Crippen molar-refractivity contribution in [1.82, 2.24) is 10.2 Å². The number of nitrogens with zero attached hydrogens (tertiary/aromatic N) is 3. The summed E-state index contributed by atoms with van der Waals surface area (Å²) in [6, 6.07) is 13.7. The molecular weight excluding hydrogens is 459 g/mol. The molecule has 7 nitrogen and oxygen atoms in total. The van der Waals surface area contributed by atoms with Gasteiger partial charge in [0.05, 0.1) is 29.2 Å². The van der Waals surface area contributed by atoms with Crippen molar-refractivity contribution in [2.24, 2.45) is 0 Å². The molecule has 0 spiro atoms. The van der Waals surface area contributed by atoms with E-state index in [4.69, 9.17) is 0 Å². The van der Waals surface area contributed by atoms with Crippen LogP contribution < -0.4 is 10.2 Å². The Balaban J connectivity index is 1.54.